The van der Waals surface area contributed by atoms with E-state index in [1.165, 1.54) is 19.5 Å². The molecule has 0 radical (unpaired) electrons. The van der Waals surface area contributed by atoms with Gasteiger partial charge < -0.3 is 9.64 Å². The van der Waals surface area contributed by atoms with E-state index in [2.05, 4.69) is 21.0 Å². The van der Waals surface area contributed by atoms with Gasteiger partial charge in [0.05, 0.1) is 42.2 Å². The van der Waals surface area contributed by atoms with Crippen molar-refractivity contribution in [2.75, 3.05) is 16.9 Å². The van der Waals surface area contributed by atoms with Crippen LogP contribution in [0.25, 0.3) is 11.3 Å². The maximum absolute atomic E-state index is 15.8. The SMILES string of the molecule is CC/C=C1\N(c2c(F)c(C)cc(OC)c2F)Cc2cnc(-c3ccc(C4(C#N)CCC4)nc3)cc2N1c1ccncn1. The van der Waals surface area contributed by atoms with Gasteiger partial charge in [0, 0.05) is 29.7 Å². The second-order valence-corrected chi connectivity index (χ2v) is 10.5. The number of pyridine rings is 2. The number of methoxy groups -OCH3 is 1. The van der Waals surface area contributed by atoms with Crippen molar-refractivity contribution in [2.24, 2.45) is 0 Å². The fourth-order valence-electron chi connectivity index (χ4n) is 5.58. The largest absolute Gasteiger partial charge is 0.494 e. The molecule has 0 N–H and O–H groups in total. The molecule has 2 aliphatic rings. The summed E-state index contributed by atoms with van der Waals surface area (Å²) >= 11 is 0. The third-order valence-electron chi connectivity index (χ3n) is 8.01. The maximum atomic E-state index is 15.8. The molecule has 1 aliphatic heterocycles. The zero-order valence-corrected chi connectivity index (χ0v) is 23.6. The van der Waals surface area contributed by atoms with E-state index in [1.54, 1.807) is 36.5 Å². The number of hydrogen-bond donors (Lipinski definition) is 0. The number of fused-ring (bicyclic) bond motifs is 1. The Hall–Kier alpha value is -4.91. The third kappa shape index (κ3) is 4.42. The lowest BCUT2D eigenvalue weighted by Gasteiger charge is -2.41. The minimum atomic E-state index is -0.786. The van der Waals surface area contributed by atoms with Crippen molar-refractivity contribution in [1.82, 2.24) is 19.9 Å². The van der Waals surface area contributed by atoms with Gasteiger partial charge in [-0.2, -0.15) is 5.26 Å². The molecule has 0 saturated heterocycles. The predicted molar refractivity (Wildman–Crippen MR) is 155 cm³/mol. The van der Waals surface area contributed by atoms with E-state index in [1.807, 2.05) is 36.1 Å². The molecule has 10 heteroatoms. The number of anilines is 3. The van der Waals surface area contributed by atoms with Crippen LogP contribution in [0.15, 0.2) is 67.1 Å². The van der Waals surface area contributed by atoms with Gasteiger partial charge in [-0.3, -0.25) is 14.9 Å². The first-order valence-corrected chi connectivity index (χ1v) is 13.8. The molecular formula is C32H29F2N7O. The number of allylic oxidation sites excluding steroid dienone is 1. The summed E-state index contributed by atoms with van der Waals surface area (Å²) < 4.78 is 36.7. The van der Waals surface area contributed by atoms with Crippen LogP contribution in [-0.4, -0.2) is 27.0 Å². The Morgan fingerprint density at radius 1 is 1.10 bits per heavy atom. The fourth-order valence-corrected chi connectivity index (χ4v) is 5.58. The van der Waals surface area contributed by atoms with E-state index in [0.717, 1.165) is 41.8 Å². The highest BCUT2D eigenvalue weighted by molar-refractivity contribution is 5.79. The number of aryl methyl sites for hydroxylation is 1. The van der Waals surface area contributed by atoms with E-state index >= 15 is 8.78 Å². The van der Waals surface area contributed by atoms with Crippen LogP contribution in [0.3, 0.4) is 0 Å². The zero-order valence-electron chi connectivity index (χ0n) is 23.6. The van der Waals surface area contributed by atoms with Gasteiger partial charge in [0.1, 0.15) is 23.7 Å². The van der Waals surface area contributed by atoms with Crippen molar-refractivity contribution in [3.05, 3.63) is 95.6 Å². The molecule has 1 aliphatic carbocycles. The van der Waals surface area contributed by atoms with Crippen LogP contribution in [0.4, 0.5) is 26.0 Å². The molecule has 1 saturated carbocycles. The summed E-state index contributed by atoms with van der Waals surface area (Å²) in [6.07, 6.45) is 11.7. The van der Waals surface area contributed by atoms with Crippen LogP contribution in [0.1, 0.15) is 49.4 Å². The smallest absolute Gasteiger partial charge is 0.191 e. The van der Waals surface area contributed by atoms with Crippen molar-refractivity contribution in [2.45, 2.75) is 51.5 Å². The van der Waals surface area contributed by atoms with Crippen molar-refractivity contribution in [3.63, 3.8) is 0 Å². The third-order valence-corrected chi connectivity index (χ3v) is 8.01. The van der Waals surface area contributed by atoms with E-state index < -0.39 is 17.0 Å². The van der Waals surface area contributed by atoms with Crippen molar-refractivity contribution in [1.29, 1.82) is 5.26 Å². The maximum Gasteiger partial charge on any atom is 0.191 e. The minimum absolute atomic E-state index is 0.0383. The first-order valence-electron chi connectivity index (χ1n) is 13.8. The first kappa shape index (κ1) is 27.3. The van der Waals surface area contributed by atoms with Gasteiger partial charge in [0.25, 0.3) is 0 Å². The van der Waals surface area contributed by atoms with Crippen LogP contribution in [0.5, 0.6) is 5.75 Å². The molecule has 1 fully saturated rings. The molecule has 4 aromatic rings. The van der Waals surface area contributed by atoms with Crippen LogP contribution in [-0.2, 0) is 12.0 Å². The zero-order chi connectivity index (χ0) is 29.4. The Balaban J connectivity index is 1.50. The molecule has 1 aromatic carbocycles. The number of benzene rings is 1. The van der Waals surface area contributed by atoms with Gasteiger partial charge in [-0.1, -0.05) is 6.92 Å². The number of halogens is 2. The number of nitrogens with zero attached hydrogens (tertiary/aromatic N) is 7. The Kier molecular flexibility index (Phi) is 7.02. The average molecular weight is 566 g/mol. The molecule has 3 aromatic heterocycles. The van der Waals surface area contributed by atoms with Crippen molar-refractivity contribution >= 4 is 17.2 Å². The lowest BCUT2D eigenvalue weighted by Crippen LogP contribution is -2.39. The summed E-state index contributed by atoms with van der Waals surface area (Å²) in [6.45, 7) is 3.71. The second-order valence-electron chi connectivity index (χ2n) is 10.5. The Morgan fingerprint density at radius 2 is 1.93 bits per heavy atom. The van der Waals surface area contributed by atoms with Gasteiger partial charge in [0.15, 0.2) is 17.4 Å². The molecule has 0 atom stereocenters. The molecule has 8 nitrogen and oxygen atoms in total. The summed E-state index contributed by atoms with van der Waals surface area (Å²) in [5, 5.41) is 9.72. The van der Waals surface area contributed by atoms with Gasteiger partial charge in [0.2, 0.25) is 0 Å². The fraction of sp³-hybridized carbons (Fsp3) is 0.281. The summed E-state index contributed by atoms with van der Waals surface area (Å²) in [7, 11) is 1.36. The highest BCUT2D eigenvalue weighted by atomic mass is 19.1. The summed E-state index contributed by atoms with van der Waals surface area (Å²) in [5.74, 6) is -0.420. The molecule has 0 spiro atoms. The first-order chi connectivity index (χ1) is 20.4. The molecule has 4 heterocycles. The molecule has 0 unspecified atom stereocenters. The molecule has 42 heavy (non-hydrogen) atoms. The number of nitriles is 1. The predicted octanol–water partition coefficient (Wildman–Crippen LogP) is 6.88. The van der Waals surface area contributed by atoms with Gasteiger partial charge in [-0.15, -0.1) is 0 Å². The summed E-state index contributed by atoms with van der Waals surface area (Å²) in [5.41, 5.74) is 3.32. The minimum Gasteiger partial charge on any atom is -0.494 e. The number of ether oxygens (including phenoxy) is 1. The summed E-state index contributed by atoms with van der Waals surface area (Å²) in [6, 6.07) is 11.3. The number of aromatic nitrogens is 4. The normalized spacial score (nSPS) is 16.5. The topological polar surface area (TPSA) is 91.1 Å². The average Bonchev–Trinajstić information content (AvgIpc) is 2.99. The number of rotatable bonds is 6. The highest BCUT2D eigenvalue weighted by Crippen LogP contribution is 2.45. The lowest BCUT2D eigenvalue weighted by molar-refractivity contribution is 0.316. The molecule has 0 amide bonds. The quantitative estimate of drug-likeness (QED) is 0.250. The second kappa shape index (κ2) is 10.8. The molecule has 6 rings (SSSR count). The number of hydrogen-bond acceptors (Lipinski definition) is 8. The van der Waals surface area contributed by atoms with Gasteiger partial charge in [-0.25, -0.2) is 18.7 Å². The van der Waals surface area contributed by atoms with Crippen LogP contribution in [0, 0.1) is 29.9 Å². The lowest BCUT2D eigenvalue weighted by atomic mass is 9.67. The monoisotopic (exact) mass is 565 g/mol. The standard InChI is InChI=1S/C32H29F2N7O/c1-4-6-28-40(31-29(33)20(2)13-25(42-3)30(31)34)17-22-16-37-23(14-24(22)41(28)27-9-12-36-19-39-27)21-7-8-26(38-15-21)32(18-35)10-5-11-32/h6-9,12-16,19H,4-5,10-11,17H2,1-3H3/b28-6+. The summed E-state index contributed by atoms with van der Waals surface area (Å²) in [4.78, 5) is 21.4. The molecular weight excluding hydrogens is 536 g/mol. The van der Waals surface area contributed by atoms with Gasteiger partial charge >= 0.3 is 0 Å². The van der Waals surface area contributed by atoms with Gasteiger partial charge in [-0.05, 0) is 74.6 Å². The molecule has 0 bridgehead atoms. The van der Waals surface area contributed by atoms with Crippen LogP contribution >= 0.6 is 0 Å². The van der Waals surface area contributed by atoms with Crippen LogP contribution in [0.2, 0.25) is 0 Å². The van der Waals surface area contributed by atoms with E-state index in [9.17, 15) is 5.26 Å². The Bertz CT molecular complexity index is 1710. The highest BCUT2D eigenvalue weighted by Gasteiger charge is 2.40. The van der Waals surface area contributed by atoms with E-state index in [0.29, 0.717) is 23.8 Å². The Morgan fingerprint density at radius 3 is 2.55 bits per heavy atom. The van der Waals surface area contributed by atoms with E-state index in [4.69, 9.17) is 9.72 Å². The van der Waals surface area contributed by atoms with Crippen molar-refractivity contribution in [3.8, 4) is 23.1 Å². The Labute approximate surface area is 243 Å². The molecule has 212 valence electrons. The van der Waals surface area contributed by atoms with Crippen LogP contribution < -0.4 is 14.5 Å². The van der Waals surface area contributed by atoms with E-state index in [-0.39, 0.29) is 23.5 Å². The van der Waals surface area contributed by atoms with Crippen molar-refractivity contribution < 1.29 is 13.5 Å².